The van der Waals surface area contributed by atoms with Crippen molar-refractivity contribution in [3.63, 3.8) is 0 Å². The molecule has 0 aliphatic carbocycles. The van der Waals surface area contributed by atoms with Gasteiger partial charge in [-0.2, -0.15) is 4.72 Å². The maximum absolute atomic E-state index is 12.8. The molecule has 0 aliphatic heterocycles. The standard InChI is InChI=1S/C21H28N2O4S/c1-5-27-18-10-8-17(9-11-18)22-21(24)20(14-15(2)3)23-28(25,26)19-12-6-16(4)7-13-19/h6-13,15,20,23H,5,14H2,1-4H3,(H,22,24)/t20-/m1/s1. The average molecular weight is 405 g/mol. The summed E-state index contributed by atoms with van der Waals surface area (Å²) in [7, 11) is -3.80. The normalized spacial score (nSPS) is 12.6. The van der Waals surface area contributed by atoms with Crippen LogP contribution >= 0.6 is 0 Å². The molecule has 2 aromatic carbocycles. The largest absolute Gasteiger partial charge is 0.494 e. The predicted octanol–water partition coefficient (Wildman–Crippen LogP) is 3.73. The van der Waals surface area contributed by atoms with Gasteiger partial charge in [0.15, 0.2) is 0 Å². The Hall–Kier alpha value is -2.38. The number of rotatable bonds is 9. The van der Waals surface area contributed by atoms with Gasteiger partial charge in [-0.15, -0.1) is 0 Å². The van der Waals surface area contributed by atoms with Crippen molar-refractivity contribution in [1.29, 1.82) is 0 Å². The number of amides is 1. The van der Waals surface area contributed by atoms with Gasteiger partial charge in [0.05, 0.1) is 11.5 Å². The Morgan fingerprint density at radius 3 is 2.18 bits per heavy atom. The highest BCUT2D eigenvalue weighted by atomic mass is 32.2. The molecule has 0 spiro atoms. The van der Waals surface area contributed by atoms with Crippen LogP contribution in [0.1, 0.15) is 32.8 Å². The summed E-state index contributed by atoms with van der Waals surface area (Å²) in [4.78, 5) is 12.9. The van der Waals surface area contributed by atoms with Gasteiger partial charge in [-0.3, -0.25) is 4.79 Å². The number of nitrogens with one attached hydrogen (secondary N) is 2. The van der Waals surface area contributed by atoms with Crippen molar-refractivity contribution in [2.75, 3.05) is 11.9 Å². The molecular formula is C21H28N2O4S. The number of anilines is 1. The van der Waals surface area contributed by atoms with E-state index in [9.17, 15) is 13.2 Å². The lowest BCUT2D eigenvalue weighted by Gasteiger charge is -2.20. The van der Waals surface area contributed by atoms with Crippen LogP contribution in [0.15, 0.2) is 53.4 Å². The van der Waals surface area contributed by atoms with Crippen molar-refractivity contribution < 1.29 is 17.9 Å². The van der Waals surface area contributed by atoms with Crippen molar-refractivity contribution in [2.24, 2.45) is 5.92 Å². The van der Waals surface area contributed by atoms with Gasteiger partial charge in [-0.05, 0) is 62.6 Å². The zero-order valence-electron chi connectivity index (χ0n) is 16.7. The highest BCUT2D eigenvalue weighted by Gasteiger charge is 2.26. The number of aryl methyl sites for hydroxylation is 1. The van der Waals surface area contributed by atoms with Crippen LogP contribution in [-0.4, -0.2) is 27.0 Å². The second-order valence-corrected chi connectivity index (χ2v) is 8.78. The minimum absolute atomic E-state index is 0.136. The SMILES string of the molecule is CCOc1ccc(NC(=O)[C@@H](CC(C)C)NS(=O)(=O)c2ccc(C)cc2)cc1. The summed E-state index contributed by atoms with van der Waals surface area (Å²) in [5.41, 5.74) is 1.54. The van der Waals surface area contributed by atoms with E-state index in [1.165, 1.54) is 12.1 Å². The first kappa shape index (κ1) is 21.9. The summed E-state index contributed by atoms with van der Waals surface area (Å²) in [5.74, 6) is 0.449. The van der Waals surface area contributed by atoms with Crippen LogP contribution < -0.4 is 14.8 Å². The molecule has 2 rings (SSSR count). The average Bonchev–Trinajstić information content (AvgIpc) is 2.63. The lowest BCUT2D eigenvalue weighted by molar-refractivity contribution is -0.118. The maximum atomic E-state index is 12.8. The monoisotopic (exact) mass is 404 g/mol. The Balaban J connectivity index is 2.15. The molecule has 0 aromatic heterocycles. The second kappa shape index (κ2) is 9.71. The van der Waals surface area contributed by atoms with Gasteiger partial charge in [0, 0.05) is 5.69 Å². The molecule has 1 amide bonds. The van der Waals surface area contributed by atoms with Gasteiger partial charge in [-0.25, -0.2) is 8.42 Å². The predicted molar refractivity (Wildman–Crippen MR) is 111 cm³/mol. The minimum Gasteiger partial charge on any atom is -0.494 e. The van der Waals surface area contributed by atoms with Crippen LogP contribution in [-0.2, 0) is 14.8 Å². The summed E-state index contributed by atoms with van der Waals surface area (Å²) < 4.78 is 33.3. The molecule has 6 nitrogen and oxygen atoms in total. The summed E-state index contributed by atoms with van der Waals surface area (Å²) in [5, 5.41) is 2.78. The number of hydrogen-bond donors (Lipinski definition) is 2. The van der Waals surface area contributed by atoms with E-state index in [1.54, 1.807) is 36.4 Å². The third kappa shape index (κ3) is 6.35. The number of carbonyl (C=O) groups excluding carboxylic acids is 1. The number of hydrogen-bond acceptors (Lipinski definition) is 4. The van der Waals surface area contributed by atoms with Gasteiger partial charge < -0.3 is 10.1 Å². The quantitative estimate of drug-likeness (QED) is 0.667. The van der Waals surface area contributed by atoms with Crippen molar-refractivity contribution in [3.05, 3.63) is 54.1 Å². The van der Waals surface area contributed by atoms with E-state index >= 15 is 0 Å². The highest BCUT2D eigenvalue weighted by molar-refractivity contribution is 7.89. The molecule has 0 bridgehead atoms. The lowest BCUT2D eigenvalue weighted by atomic mass is 10.0. The Kier molecular flexibility index (Phi) is 7.60. The van der Waals surface area contributed by atoms with Gasteiger partial charge in [0.2, 0.25) is 15.9 Å². The smallest absolute Gasteiger partial charge is 0.242 e. The lowest BCUT2D eigenvalue weighted by Crippen LogP contribution is -2.44. The van der Waals surface area contributed by atoms with Crippen LogP contribution in [0.2, 0.25) is 0 Å². The Bertz CT molecular complexity index is 876. The van der Waals surface area contributed by atoms with Gasteiger partial charge >= 0.3 is 0 Å². The summed E-state index contributed by atoms with van der Waals surface area (Å²) in [6, 6.07) is 12.6. The zero-order valence-corrected chi connectivity index (χ0v) is 17.5. The van der Waals surface area contributed by atoms with Crippen LogP contribution in [0, 0.1) is 12.8 Å². The topological polar surface area (TPSA) is 84.5 Å². The summed E-state index contributed by atoms with van der Waals surface area (Å²) in [6.07, 6.45) is 0.383. The van der Waals surface area contributed by atoms with E-state index in [2.05, 4.69) is 10.0 Å². The molecule has 0 saturated carbocycles. The Labute approximate surface area is 167 Å². The summed E-state index contributed by atoms with van der Waals surface area (Å²) in [6.45, 7) is 8.22. The first-order chi connectivity index (χ1) is 13.2. The van der Waals surface area contributed by atoms with Crippen molar-refractivity contribution in [2.45, 2.75) is 45.1 Å². The third-order valence-electron chi connectivity index (χ3n) is 4.09. The zero-order chi connectivity index (χ0) is 20.7. The molecule has 0 unspecified atom stereocenters. The van der Waals surface area contributed by atoms with E-state index in [0.717, 1.165) is 5.56 Å². The maximum Gasteiger partial charge on any atom is 0.242 e. The Morgan fingerprint density at radius 2 is 1.64 bits per heavy atom. The van der Waals surface area contributed by atoms with E-state index in [4.69, 9.17) is 4.74 Å². The van der Waals surface area contributed by atoms with Crippen LogP contribution in [0.25, 0.3) is 0 Å². The molecule has 0 aliphatic rings. The number of carbonyl (C=O) groups is 1. The second-order valence-electron chi connectivity index (χ2n) is 7.06. The molecule has 0 fully saturated rings. The van der Waals surface area contributed by atoms with Crippen LogP contribution in [0.3, 0.4) is 0 Å². The van der Waals surface area contributed by atoms with E-state index < -0.39 is 22.0 Å². The van der Waals surface area contributed by atoms with Crippen molar-refractivity contribution >= 4 is 21.6 Å². The molecule has 0 radical (unpaired) electrons. The van der Waals surface area contributed by atoms with Gasteiger partial charge in [0.1, 0.15) is 11.8 Å². The number of sulfonamides is 1. The number of benzene rings is 2. The fourth-order valence-electron chi connectivity index (χ4n) is 2.68. The summed E-state index contributed by atoms with van der Waals surface area (Å²) >= 11 is 0. The first-order valence-corrected chi connectivity index (χ1v) is 10.8. The van der Waals surface area contributed by atoms with E-state index in [1.807, 2.05) is 27.7 Å². The molecule has 2 aromatic rings. The molecule has 1 atom stereocenters. The molecule has 28 heavy (non-hydrogen) atoms. The van der Waals surface area contributed by atoms with Crippen LogP contribution in [0.5, 0.6) is 5.75 Å². The van der Waals surface area contributed by atoms with Gasteiger partial charge in [0.25, 0.3) is 0 Å². The van der Waals surface area contributed by atoms with E-state index in [-0.39, 0.29) is 10.8 Å². The fraction of sp³-hybridized carbons (Fsp3) is 0.381. The molecule has 7 heteroatoms. The molecule has 0 heterocycles. The molecule has 2 N–H and O–H groups in total. The minimum atomic E-state index is -3.80. The van der Waals surface area contributed by atoms with Gasteiger partial charge in [-0.1, -0.05) is 31.5 Å². The highest BCUT2D eigenvalue weighted by Crippen LogP contribution is 2.18. The van der Waals surface area contributed by atoms with Crippen molar-refractivity contribution in [1.82, 2.24) is 4.72 Å². The fourth-order valence-corrected chi connectivity index (χ4v) is 3.89. The van der Waals surface area contributed by atoms with E-state index in [0.29, 0.717) is 24.5 Å². The molecule has 152 valence electrons. The number of ether oxygens (including phenoxy) is 1. The Morgan fingerprint density at radius 1 is 1.04 bits per heavy atom. The van der Waals surface area contributed by atoms with Crippen molar-refractivity contribution in [3.8, 4) is 5.75 Å². The third-order valence-corrected chi connectivity index (χ3v) is 5.57. The van der Waals surface area contributed by atoms with Crippen LogP contribution in [0.4, 0.5) is 5.69 Å². The molecular weight excluding hydrogens is 376 g/mol. The first-order valence-electron chi connectivity index (χ1n) is 9.34. The molecule has 0 saturated heterocycles.